The molecule has 0 aromatic heterocycles. The van der Waals surface area contributed by atoms with E-state index in [0.717, 1.165) is 18.4 Å². The Kier molecular flexibility index (Phi) is 6.46. The summed E-state index contributed by atoms with van der Waals surface area (Å²) in [5, 5.41) is 2.64. The number of alkyl carbamates (subject to hydrolysis) is 1. The molecule has 0 saturated heterocycles. The normalized spacial score (nSPS) is 11.1. The number of halogens is 1. The Hall–Kier alpha value is -1.78. The zero-order chi connectivity index (χ0) is 15.9. The van der Waals surface area contributed by atoms with E-state index in [4.69, 9.17) is 9.47 Å². The topological polar surface area (TPSA) is 47.6 Å². The predicted octanol–water partition coefficient (Wildman–Crippen LogP) is 4.03. The summed E-state index contributed by atoms with van der Waals surface area (Å²) in [6, 6.07) is 4.29. The van der Waals surface area contributed by atoms with E-state index in [1.54, 1.807) is 26.8 Å². The fourth-order valence-corrected chi connectivity index (χ4v) is 1.62. The van der Waals surface area contributed by atoms with E-state index in [-0.39, 0.29) is 12.4 Å². The molecule has 1 aromatic rings. The van der Waals surface area contributed by atoms with Crippen LogP contribution in [0.4, 0.5) is 9.18 Å². The summed E-state index contributed by atoms with van der Waals surface area (Å²) in [6.45, 7) is 8.20. The van der Waals surface area contributed by atoms with Gasteiger partial charge in [0, 0.05) is 18.2 Å². The van der Waals surface area contributed by atoms with Gasteiger partial charge in [0.05, 0.1) is 6.61 Å². The molecule has 0 heterocycles. The summed E-state index contributed by atoms with van der Waals surface area (Å²) in [6.07, 6.45) is 1.39. The lowest BCUT2D eigenvalue weighted by Gasteiger charge is -2.20. The van der Waals surface area contributed by atoms with Crippen molar-refractivity contribution in [1.82, 2.24) is 5.32 Å². The number of ether oxygens (including phenoxy) is 2. The van der Waals surface area contributed by atoms with Crippen molar-refractivity contribution in [2.45, 2.75) is 52.7 Å². The number of nitrogens with one attached hydrogen (secondary N) is 1. The molecule has 1 amide bonds. The molecule has 21 heavy (non-hydrogen) atoms. The Balaban J connectivity index is 2.63. The molecule has 4 nitrogen and oxygen atoms in total. The minimum absolute atomic E-state index is 0.233. The van der Waals surface area contributed by atoms with E-state index in [1.165, 1.54) is 12.1 Å². The number of amides is 1. The van der Waals surface area contributed by atoms with Crippen LogP contribution in [0.15, 0.2) is 18.2 Å². The van der Waals surface area contributed by atoms with Crippen molar-refractivity contribution in [1.29, 1.82) is 0 Å². The standard InChI is InChI=1S/C16H24FNO3/c1-5-6-9-20-14-10-13(17)8-7-12(14)11-18-15(19)21-16(2,3)4/h7-8,10H,5-6,9,11H2,1-4H3,(H,18,19). The summed E-state index contributed by atoms with van der Waals surface area (Å²) >= 11 is 0. The van der Waals surface area contributed by atoms with E-state index in [1.807, 2.05) is 0 Å². The highest BCUT2D eigenvalue weighted by atomic mass is 19.1. The number of benzene rings is 1. The fourth-order valence-electron chi connectivity index (χ4n) is 1.62. The second kappa shape index (κ2) is 7.86. The van der Waals surface area contributed by atoms with Crippen molar-refractivity contribution in [3.05, 3.63) is 29.6 Å². The van der Waals surface area contributed by atoms with Gasteiger partial charge in [0.15, 0.2) is 0 Å². The van der Waals surface area contributed by atoms with Gasteiger partial charge in [0.25, 0.3) is 0 Å². The second-order valence-electron chi connectivity index (χ2n) is 5.81. The molecule has 118 valence electrons. The van der Waals surface area contributed by atoms with E-state index >= 15 is 0 Å². The lowest BCUT2D eigenvalue weighted by molar-refractivity contribution is 0.0523. The van der Waals surface area contributed by atoms with Crippen LogP contribution in [0.2, 0.25) is 0 Å². The lowest BCUT2D eigenvalue weighted by atomic mass is 10.2. The van der Waals surface area contributed by atoms with Gasteiger partial charge in [-0.2, -0.15) is 0 Å². The molecule has 0 saturated carbocycles. The van der Waals surface area contributed by atoms with Gasteiger partial charge in [0.1, 0.15) is 17.2 Å². The maximum atomic E-state index is 13.3. The molecule has 0 fully saturated rings. The highest BCUT2D eigenvalue weighted by Crippen LogP contribution is 2.20. The van der Waals surface area contributed by atoms with Crippen molar-refractivity contribution in [2.75, 3.05) is 6.61 Å². The molecule has 0 spiro atoms. The Morgan fingerprint density at radius 1 is 1.33 bits per heavy atom. The van der Waals surface area contributed by atoms with Gasteiger partial charge in [-0.15, -0.1) is 0 Å². The Morgan fingerprint density at radius 3 is 2.67 bits per heavy atom. The van der Waals surface area contributed by atoms with Crippen molar-refractivity contribution < 1.29 is 18.7 Å². The first-order valence-corrected chi connectivity index (χ1v) is 7.20. The third kappa shape index (κ3) is 6.97. The van der Waals surface area contributed by atoms with E-state index in [0.29, 0.717) is 12.4 Å². The van der Waals surface area contributed by atoms with Gasteiger partial charge < -0.3 is 14.8 Å². The number of carbonyl (C=O) groups is 1. The van der Waals surface area contributed by atoms with Crippen LogP contribution < -0.4 is 10.1 Å². The molecule has 0 aliphatic rings. The number of carbonyl (C=O) groups excluding carboxylic acids is 1. The SMILES string of the molecule is CCCCOc1cc(F)ccc1CNC(=O)OC(C)(C)C. The highest BCUT2D eigenvalue weighted by Gasteiger charge is 2.16. The number of hydrogen-bond acceptors (Lipinski definition) is 3. The lowest BCUT2D eigenvalue weighted by Crippen LogP contribution is -2.32. The Bertz CT molecular complexity index is 469. The number of hydrogen-bond donors (Lipinski definition) is 1. The monoisotopic (exact) mass is 297 g/mol. The van der Waals surface area contributed by atoms with E-state index < -0.39 is 11.7 Å². The van der Waals surface area contributed by atoms with Crippen molar-refractivity contribution in [3.8, 4) is 5.75 Å². The van der Waals surface area contributed by atoms with Gasteiger partial charge >= 0.3 is 6.09 Å². The summed E-state index contributed by atoms with van der Waals surface area (Å²) < 4.78 is 24.0. The van der Waals surface area contributed by atoms with Crippen LogP contribution >= 0.6 is 0 Å². The molecular formula is C16H24FNO3. The molecule has 1 rings (SSSR count). The van der Waals surface area contributed by atoms with Crippen LogP contribution in [-0.4, -0.2) is 18.3 Å². The minimum Gasteiger partial charge on any atom is -0.493 e. The van der Waals surface area contributed by atoms with Crippen molar-refractivity contribution in [3.63, 3.8) is 0 Å². The zero-order valence-corrected chi connectivity index (χ0v) is 13.2. The molecular weight excluding hydrogens is 273 g/mol. The molecule has 0 atom stereocenters. The molecule has 0 unspecified atom stereocenters. The van der Waals surface area contributed by atoms with Gasteiger partial charge in [-0.3, -0.25) is 0 Å². The minimum atomic E-state index is -0.548. The number of unbranched alkanes of at least 4 members (excludes halogenated alkanes) is 1. The van der Waals surface area contributed by atoms with Crippen LogP contribution in [0.1, 0.15) is 46.1 Å². The van der Waals surface area contributed by atoms with Gasteiger partial charge in [-0.1, -0.05) is 19.4 Å². The summed E-state index contributed by atoms with van der Waals surface area (Å²) in [5.41, 5.74) is 0.172. The van der Waals surface area contributed by atoms with Crippen LogP contribution in [0.25, 0.3) is 0 Å². The average molecular weight is 297 g/mol. The molecule has 1 N–H and O–H groups in total. The molecule has 0 aliphatic heterocycles. The highest BCUT2D eigenvalue weighted by molar-refractivity contribution is 5.67. The van der Waals surface area contributed by atoms with Crippen molar-refractivity contribution >= 4 is 6.09 Å². The van der Waals surface area contributed by atoms with Gasteiger partial charge in [-0.05, 0) is 33.3 Å². The zero-order valence-electron chi connectivity index (χ0n) is 13.2. The summed E-state index contributed by atoms with van der Waals surface area (Å²) in [5.74, 6) is 0.0991. The first-order chi connectivity index (χ1) is 9.81. The number of rotatable bonds is 6. The molecule has 0 aliphatic carbocycles. The molecule has 0 radical (unpaired) electrons. The second-order valence-corrected chi connectivity index (χ2v) is 5.81. The summed E-state index contributed by atoms with van der Waals surface area (Å²) in [7, 11) is 0. The largest absolute Gasteiger partial charge is 0.493 e. The Morgan fingerprint density at radius 2 is 2.05 bits per heavy atom. The van der Waals surface area contributed by atoms with Crippen LogP contribution in [0.3, 0.4) is 0 Å². The molecule has 1 aromatic carbocycles. The third-order valence-electron chi connectivity index (χ3n) is 2.61. The fraction of sp³-hybridized carbons (Fsp3) is 0.562. The first kappa shape index (κ1) is 17.3. The predicted molar refractivity (Wildman–Crippen MR) is 79.9 cm³/mol. The van der Waals surface area contributed by atoms with Gasteiger partial charge in [-0.25, -0.2) is 9.18 Å². The van der Waals surface area contributed by atoms with Crippen molar-refractivity contribution in [2.24, 2.45) is 0 Å². The molecule has 0 bridgehead atoms. The van der Waals surface area contributed by atoms with Crippen LogP contribution in [0.5, 0.6) is 5.75 Å². The Labute approximate surface area is 125 Å². The first-order valence-electron chi connectivity index (χ1n) is 7.20. The quantitative estimate of drug-likeness (QED) is 0.806. The third-order valence-corrected chi connectivity index (χ3v) is 2.61. The maximum Gasteiger partial charge on any atom is 0.407 e. The maximum absolute atomic E-state index is 13.3. The van der Waals surface area contributed by atoms with Crippen LogP contribution in [-0.2, 0) is 11.3 Å². The smallest absolute Gasteiger partial charge is 0.407 e. The molecule has 5 heteroatoms. The summed E-state index contributed by atoms with van der Waals surface area (Å²) in [4.78, 5) is 11.6. The van der Waals surface area contributed by atoms with Crippen LogP contribution in [0, 0.1) is 5.82 Å². The average Bonchev–Trinajstić information content (AvgIpc) is 2.36. The van der Waals surface area contributed by atoms with E-state index in [9.17, 15) is 9.18 Å². The van der Waals surface area contributed by atoms with E-state index in [2.05, 4.69) is 12.2 Å². The van der Waals surface area contributed by atoms with Gasteiger partial charge in [0.2, 0.25) is 0 Å².